The molecule has 40 heavy (non-hydrogen) atoms. The molecule has 3 atom stereocenters. The number of aryl methyl sites for hydroxylation is 1. The molecule has 0 bridgehead atoms. The lowest BCUT2D eigenvalue weighted by Crippen LogP contribution is -2.59. The van der Waals surface area contributed by atoms with Crippen molar-refractivity contribution in [1.82, 2.24) is 9.97 Å². The van der Waals surface area contributed by atoms with E-state index in [9.17, 15) is 31.0 Å². The lowest BCUT2D eigenvalue weighted by Gasteiger charge is -2.44. The second kappa shape index (κ2) is 10.5. The number of nitrogens with two attached hydrogens (primary N) is 1. The van der Waals surface area contributed by atoms with Crippen LogP contribution >= 0.6 is 0 Å². The van der Waals surface area contributed by atoms with Crippen molar-refractivity contribution in [2.45, 2.75) is 49.3 Å². The third-order valence-corrected chi connectivity index (χ3v) is 10.2. The molecule has 0 spiro atoms. The number of hydrogen-bond acceptors (Lipinski definition) is 8. The number of rotatable bonds is 8. The molecule has 2 aromatic rings. The van der Waals surface area contributed by atoms with Gasteiger partial charge in [-0.3, -0.25) is 9.79 Å². The smallest absolute Gasteiger partial charge is 0.340 e. The van der Waals surface area contributed by atoms with E-state index in [4.69, 9.17) is 5.73 Å². The Labute approximate surface area is 225 Å². The molecule has 0 aromatic carbocycles. The molecule has 16 heteroatoms. The van der Waals surface area contributed by atoms with E-state index in [1.165, 1.54) is 6.92 Å². The predicted octanol–water partition coefficient (Wildman–Crippen LogP) is 4.01. The number of anilines is 1. The third kappa shape index (κ3) is 5.20. The largest absolute Gasteiger partial charge is 0.485 e. The summed E-state index contributed by atoms with van der Waals surface area (Å²) >= 11 is 0. The van der Waals surface area contributed by atoms with E-state index in [0.717, 1.165) is 24.4 Å². The Morgan fingerprint density at radius 3 is 2.70 bits per heavy atom. The first-order chi connectivity index (χ1) is 18.7. The monoisotopic (exact) mass is 592 g/mol. The van der Waals surface area contributed by atoms with Crippen LogP contribution in [0.5, 0.6) is 5.75 Å². The van der Waals surface area contributed by atoms with Crippen LogP contribution in [0.4, 0.5) is 32.2 Å². The summed E-state index contributed by atoms with van der Waals surface area (Å²) in [6, 6.07) is 3.18. The number of fused-ring (bicyclic) bond motifs is 1. The molecule has 0 fully saturated rings. The van der Waals surface area contributed by atoms with Gasteiger partial charge in [0.1, 0.15) is 51.6 Å². The summed E-state index contributed by atoms with van der Waals surface area (Å²) in [4.78, 5) is 25.0. The number of nitrogens with zero attached hydrogens (tertiary/aromatic N) is 4. The molecular weight excluding hydrogens is 566 g/mol. The van der Waals surface area contributed by atoms with Gasteiger partial charge in [-0.15, -0.1) is 0 Å². The van der Waals surface area contributed by atoms with Gasteiger partial charge < -0.3 is 15.8 Å². The zero-order chi connectivity index (χ0) is 29.5. The Morgan fingerprint density at radius 1 is 1.32 bits per heavy atom. The normalized spacial score (nSPS) is 26.5. The van der Waals surface area contributed by atoms with Crippen LogP contribution in [-0.2, 0) is 15.3 Å². The van der Waals surface area contributed by atoms with E-state index in [1.807, 2.05) is 0 Å². The van der Waals surface area contributed by atoms with E-state index in [2.05, 4.69) is 29.4 Å². The maximum atomic E-state index is 15.0. The van der Waals surface area contributed by atoms with E-state index in [0.29, 0.717) is 12.8 Å². The van der Waals surface area contributed by atoms with Gasteiger partial charge in [0.2, 0.25) is 0 Å². The van der Waals surface area contributed by atoms with Crippen LogP contribution in [0.2, 0.25) is 0 Å². The molecule has 2 aliphatic heterocycles. The average Bonchev–Trinajstić information content (AvgIpc) is 2.89. The number of carbonyl (C=O) groups excluding carboxylic acids is 1. The van der Waals surface area contributed by atoms with Crippen LogP contribution in [-0.4, -0.2) is 68.6 Å². The maximum Gasteiger partial charge on any atom is 0.340 e. The summed E-state index contributed by atoms with van der Waals surface area (Å²) in [7, 11) is -3.15. The van der Waals surface area contributed by atoms with Crippen LogP contribution in [0.25, 0.3) is 0 Å². The molecule has 4 rings (SSSR count). The van der Waals surface area contributed by atoms with Gasteiger partial charge in [-0.1, -0.05) is 0 Å². The first-order valence-electron chi connectivity index (χ1n) is 12.0. The fourth-order valence-electron chi connectivity index (χ4n) is 4.51. The number of amides is 1. The summed E-state index contributed by atoms with van der Waals surface area (Å²) in [5, 5.41) is 2.39. The van der Waals surface area contributed by atoms with Gasteiger partial charge in [0, 0.05) is 6.54 Å². The van der Waals surface area contributed by atoms with Gasteiger partial charge in [0.25, 0.3) is 5.91 Å². The van der Waals surface area contributed by atoms with Crippen molar-refractivity contribution in [1.29, 1.82) is 0 Å². The zero-order valence-electron chi connectivity index (χ0n) is 21.4. The van der Waals surface area contributed by atoms with Gasteiger partial charge in [-0.05, 0) is 50.5 Å². The average molecular weight is 593 g/mol. The van der Waals surface area contributed by atoms with Crippen LogP contribution in [0.15, 0.2) is 33.8 Å². The predicted molar refractivity (Wildman–Crippen MR) is 135 cm³/mol. The summed E-state index contributed by atoms with van der Waals surface area (Å²) < 4.78 is 102. The first kappa shape index (κ1) is 29.6. The van der Waals surface area contributed by atoms with Gasteiger partial charge in [0.15, 0.2) is 6.61 Å². The summed E-state index contributed by atoms with van der Waals surface area (Å²) in [6.07, 6.45) is -1.99. The second-order valence-electron chi connectivity index (χ2n) is 9.80. The number of alkyl halides is 5. The highest BCUT2D eigenvalue weighted by Crippen LogP contribution is 2.42. The van der Waals surface area contributed by atoms with Crippen molar-refractivity contribution >= 4 is 27.3 Å². The molecule has 1 unspecified atom stereocenters. The van der Waals surface area contributed by atoms with E-state index in [-0.39, 0.29) is 35.2 Å². The van der Waals surface area contributed by atoms with Gasteiger partial charge in [0.05, 0.1) is 21.7 Å². The Kier molecular flexibility index (Phi) is 7.77. The number of aromatic nitrogens is 2. The fraction of sp³-hybridized carbons (Fsp3) is 0.500. The SMILES string of the molecule is Cc1cc(OCC(F)(F)C(F)F)cnc1C(=O)Nc1ccc(F)c([C@]2(CF)CS3(=O)=NCCC[C@]3(C)C(N)=N2)n1. The van der Waals surface area contributed by atoms with E-state index >= 15 is 4.39 Å². The third-order valence-electron chi connectivity index (χ3n) is 6.89. The Hall–Kier alpha value is -3.43. The van der Waals surface area contributed by atoms with Crippen molar-refractivity contribution in [3.05, 3.63) is 47.2 Å². The molecule has 1 amide bonds. The van der Waals surface area contributed by atoms with E-state index in [1.54, 1.807) is 6.92 Å². The van der Waals surface area contributed by atoms with Crippen LogP contribution < -0.4 is 15.8 Å². The van der Waals surface area contributed by atoms with Crippen molar-refractivity contribution in [2.75, 3.05) is 30.9 Å². The molecule has 218 valence electrons. The minimum atomic E-state index is -4.38. The number of nitrogens with one attached hydrogen (secondary N) is 1. The number of aliphatic imine (C=N–C) groups is 1. The Bertz CT molecular complexity index is 1480. The van der Waals surface area contributed by atoms with Gasteiger partial charge in [-0.25, -0.2) is 36.1 Å². The fourth-order valence-corrected chi connectivity index (χ4v) is 7.39. The van der Waals surface area contributed by atoms with Crippen molar-refractivity contribution in [3.63, 3.8) is 0 Å². The van der Waals surface area contributed by atoms with E-state index < -0.39 is 68.8 Å². The second-order valence-corrected chi connectivity index (χ2v) is 12.5. The lowest BCUT2D eigenvalue weighted by molar-refractivity contribution is -0.148. The van der Waals surface area contributed by atoms with Gasteiger partial charge in [-0.2, -0.15) is 8.78 Å². The van der Waals surface area contributed by atoms with Crippen LogP contribution in [0.1, 0.15) is 41.5 Å². The highest BCUT2D eigenvalue weighted by Gasteiger charge is 2.54. The van der Waals surface area contributed by atoms with Crippen molar-refractivity contribution in [2.24, 2.45) is 15.1 Å². The quantitative estimate of drug-likeness (QED) is 0.446. The first-order valence-corrected chi connectivity index (χ1v) is 13.7. The van der Waals surface area contributed by atoms with Crippen LogP contribution in [0.3, 0.4) is 0 Å². The summed E-state index contributed by atoms with van der Waals surface area (Å²) in [5.41, 5.74) is 3.53. The number of amidine groups is 1. The Balaban J connectivity index is 1.60. The minimum Gasteiger partial charge on any atom is -0.485 e. The van der Waals surface area contributed by atoms with Crippen LogP contribution in [0, 0.1) is 12.7 Å². The number of hydrogen-bond donors (Lipinski definition) is 2. The lowest BCUT2D eigenvalue weighted by atomic mass is 9.95. The number of pyridine rings is 2. The summed E-state index contributed by atoms with van der Waals surface area (Å²) in [5.74, 6) is -7.26. The van der Waals surface area contributed by atoms with Gasteiger partial charge >= 0.3 is 12.3 Å². The Morgan fingerprint density at radius 2 is 2.05 bits per heavy atom. The molecular formula is C24H26F6N6O3S. The summed E-state index contributed by atoms with van der Waals surface area (Å²) in [6.45, 7) is 0.421. The topological polar surface area (TPSA) is 132 Å². The number of halogens is 6. The van der Waals surface area contributed by atoms with Crippen molar-refractivity contribution in [3.8, 4) is 5.75 Å². The molecule has 4 heterocycles. The molecule has 0 saturated carbocycles. The maximum absolute atomic E-state index is 15.0. The minimum absolute atomic E-state index is 0.117. The molecule has 0 radical (unpaired) electrons. The highest BCUT2D eigenvalue weighted by atomic mass is 32.2. The number of carbonyl (C=O) groups is 1. The molecule has 0 aliphatic carbocycles. The van der Waals surface area contributed by atoms with Crippen molar-refractivity contribution < 1.29 is 40.1 Å². The molecule has 2 aliphatic rings. The molecule has 2 aromatic heterocycles. The standard InChI is InChI=1S/C24H26F6N6O3S/c1-13-8-14(39-11-24(29,30)20(27)28)9-32-17(13)19(37)35-16-5-4-15(26)18(34-16)23(10-25)12-40(38)22(2,21(31)36-23)6-3-7-33-40/h4-5,8-9,20H,3,6-7,10-12H2,1-2H3,(H2,31,36)(H,34,35,37)/t22-,23+,40?/m1/s1. The molecule has 3 N–H and O–H groups in total. The zero-order valence-corrected chi connectivity index (χ0v) is 22.2. The molecule has 0 saturated heterocycles. The number of ether oxygens (including phenoxy) is 1. The molecule has 9 nitrogen and oxygen atoms in total. The highest BCUT2D eigenvalue weighted by molar-refractivity contribution is 7.95.